The van der Waals surface area contributed by atoms with Crippen LogP contribution in [0.15, 0.2) is 41.6 Å². The van der Waals surface area contributed by atoms with Crippen molar-refractivity contribution < 1.29 is 24.5 Å². The Bertz CT molecular complexity index is 1390. The zero-order valence-electron chi connectivity index (χ0n) is 18.0. The maximum Gasteiger partial charge on any atom is 0.305 e. The number of H-pyrrole nitrogens is 2. The molecular weight excluding hydrogens is 444 g/mol. The van der Waals surface area contributed by atoms with Gasteiger partial charge in [-0.1, -0.05) is 18.2 Å². The third-order valence-electron chi connectivity index (χ3n) is 5.97. The largest absolute Gasteiger partial charge is 0.463 e. The van der Waals surface area contributed by atoms with E-state index in [-0.39, 0.29) is 30.1 Å². The normalized spacial score (nSPS) is 22.5. The number of nitrogens with one attached hydrogen (secondary N) is 2. The lowest BCUT2D eigenvalue weighted by atomic mass is 10.1. The first kappa shape index (κ1) is 22.1. The van der Waals surface area contributed by atoms with Crippen LogP contribution in [0.3, 0.4) is 0 Å². The van der Waals surface area contributed by atoms with E-state index in [2.05, 4.69) is 19.9 Å². The van der Waals surface area contributed by atoms with E-state index in [1.165, 1.54) is 10.9 Å². The molecule has 1 aromatic carbocycles. The number of anilines is 1. The molecule has 1 aliphatic heterocycles. The number of hydrogen-bond acceptors (Lipinski definition) is 9. The summed E-state index contributed by atoms with van der Waals surface area (Å²) in [6.45, 7) is -0.233. The van der Waals surface area contributed by atoms with Gasteiger partial charge in [0.1, 0.15) is 24.9 Å². The number of hydrogen-bond donors (Lipinski definition) is 5. The fourth-order valence-corrected chi connectivity index (χ4v) is 4.23. The fraction of sp³-hybridized carbons (Fsp3) is 0.364. The van der Waals surface area contributed by atoms with Crippen molar-refractivity contribution >= 4 is 34.0 Å². The van der Waals surface area contributed by atoms with E-state index in [4.69, 9.17) is 15.2 Å². The summed E-state index contributed by atoms with van der Waals surface area (Å²) in [4.78, 5) is 37.8. The van der Waals surface area contributed by atoms with Crippen LogP contribution in [-0.4, -0.2) is 65.6 Å². The number of nitrogens with zero attached hydrogens (tertiary/aromatic N) is 3. The first-order chi connectivity index (χ1) is 16.4. The standard InChI is InChI=1S/C22H24N6O6/c23-22-26-19-16(20(32)27-22)25-10-28(19)21-18(31)17(30)14(34-21)9-33-15(29)7-3-4-11-8-24-13-6-2-1-5-12(11)13/h1-2,5-6,8,10,14,17-18,21,24,30-31H,3-4,7,9H2,(H3,23,26,27,32)/t14-,17?,18+,21-/m1/s1. The minimum absolute atomic E-state index is 0.0181. The average molecular weight is 468 g/mol. The molecular formula is C22H24N6O6. The van der Waals surface area contributed by atoms with E-state index < -0.39 is 36.1 Å². The second-order valence-corrected chi connectivity index (χ2v) is 8.22. The summed E-state index contributed by atoms with van der Waals surface area (Å²) in [6, 6.07) is 7.96. The summed E-state index contributed by atoms with van der Waals surface area (Å²) in [5.41, 5.74) is 7.37. The van der Waals surface area contributed by atoms with E-state index in [1.54, 1.807) is 0 Å². The van der Waals surface area contributed by atoms with Crippen molar-refractivity contribution in [3.63, 3.8) is 0 Å². The lowest BCUT2D eigenvalue weighted by molar-refractivity contribution is -0.150. The molecule has 0 aliphatic carbocycles. The van der Waals surface area contributed by atoms with Gasteiger partial charge in [-0.25, -0.2) is 4.98 Å². The van der Waals surface area contributed by atoms with Crippen LogP contribution in [0.2, 0.25) is 0 Å². The molecule has 1 aliphatic rings. The number of nitrogens with two attached hydrogens (primary N) is 1. The molecule has 3 aromatic heterocycles. The molecule has 178 valence electrons. The van der Waals surface area contributed by atoms with Crippen molar-refractivity contribution in [1.82, 2.24) is 24.5 Å². The van der Waals surface area contributed by atoms with Gasteiger partial charge in [0.15, 0.2) is 17.4 Å². The van der Waals surface area contributed by atoms with Gasteiger partial charge in [-0.3, -0.25) is 19.1 Å². The molecule has 0 saturated carbocycles. The number of rotatable bonds is 7. The number of esters is 1. The van der Waals surface area contributed by atoms with Crippen LogP contribution in [0, 0.1) is 0 Å². The van der Waals surface area contributed by atoms with Crippen molar-refractivity contribution in [3.05, 3.63) is 52.7 Å². The van der Waals surface area contributed by atoms with Crippen LogP contribution in [0.5, 0.6) is 0 Å². The summed E-state index contributed by atoms with van der Waals surface area (Å²) >= 11 is 0. The Kier molecular flexibility index (Phi) is 5.77. The second-order valence-electron chi connectivity index (χ2n) is 8.22. The Hall–Kier alpha value is -3.74. The topological polar surface area (TPSA) is 181 Å². The SMILES string of the molecule is Nc1nc2c(ncn2[C@@H]2O[C@H](COC(=O)CCCc3c[nH]c4ccccc34)C(O)[C@@H]2O)c(=O)[nH]1. The van der Waals surface area contributed by atoms with E-state index >= 15 is 0 Å². The molecule has 12 nitrogen and oxygen atoms in total. The highest BCUT2D eigenvalue weighted by atomic mass is 16.6. The number of imidazole rings is 1. The van der Waals surface area contributed by atoms with E-state index in [0.717, 1.165) is 16.5 Å². The molecule has 1 unspecified atom stereocenters. The second kappa shape index (κ2) is 8.89. The van der Waals surface area contributed by atoms with Gasteiger partial charge in [-0.15, -0.1) is 0 Å². The van der Waals surface area contributed by atoms with Crippen LogP contribution in [-0.2, 0) is 20.7 Å². The third-order valence-corrected chi connectivity index (χ3v) is 5.97. The smallest absolute Gasteiger partial charge is 0.305 e. The van der Waals surface area contributed by atoms with Gasteiger partial charge in [0.05, 0.1) is 6.33 Å². The predicted molar refractivity (Wildman–Crippen MR) is 121 cm³/mol. The Balaban J connectivity index is 1.17. The summed E-state index contributed by atoms with van der Waals surface area (Å²) in [5, 5.41) is 22.0. The first-order valence-corrected chi connectivity index (χ1v) is 10.9. The lowest BCUT2D eigenvalue weighted by Crippen LogP contribution is -2.34. The third kappa shape index (κ3) is 4.02. The Morgan fingerprint density at radius 3 is 2.94 bits per heavy atom. The number of carbonyl (C=O) groups excluding carboxylic acids is 1. The molecule has 0 bridgehead atoms. The highest BCUT2D eigenvalue weighted by Gasteiger charge is 2.45. The molecule has 0 radical (unpaired) electrons. The molecule has 1 fully saturated rings. The average Bonchev–Trinajstić information content (AvgIpc) is 3.50. The quantitative estimate of drug-likeness (QED) is 0.239. The number of aromatic amines is 2. The number of aliphatic hydroxyl groups is 2. The molecule has 6 N–H and O–H groups in total. The Labute approximate surface area is 192 Å². The number of aromatic nitrogens is 5. The van der Waals surface area contributed by atoms with E-state index in [9.17, 15) is 19.8 Å². The number of fused-ring (bicyclic) bond motifs is 2. The van der Waals surface area contributed by atoms with Gasteiger partial charge in [-0.05, 0) is 24.5 Å². The molecule has 4 atom stereocenters. The summed E-state index contributed by atoms with van der Waals surface area (Å²) in [7, 11) is 0. The van der Waals surface area contributed by atoms with Gasteiger partial charge in [0.2, 0.25) is 5.95 Å². The summed E-state index contributed by atoms with van der Waals surface area (Å²) in [6.07, 6.45) is 0.00269. The number of aryl methyl sites for hydroxylation is 1. The van der Waals surface area contributed by atoms with Crippen LogP contribution in [0.4, 0.5) is 5.95 Å². The predicted octanol–water partition coefficient (Wildman–Crippen LogP) is 0.368. The first-order valence-electron chi connectivity index (χ1n) is 10.9. The highest BCUT2D eigenvalue weighted by Crippen LogP contribution is 2.31. The summed E-state index contributed by atoms with van der Waals surface area (Å²) < 4.78 is 12.3. The van der Waals surface area contributed by atoms with Gasteiger partial charge >= 0.3 is 5.97 Å². The van der Waals surface area contributed by atoms with Crippen molar-refractivity contribution in [2.45, 2.75) is 43.8 Å². The number of carbonyl (C=O) groups is 1. The van der Waals surface area contributed by atoms with E-state index in [1.807, 2.05) is 30.5 Å². The molecule has 4 aromatic rings. The molecule has 4 heterocycles. The monoisotopic (exact) mass is 468 g/mol. The lowest BCUT2D eigenvalue weighted by Gasteiger charge is -2.16. The van der Waals surface area contributed by atoms with Crippen molar-refractivity contribution in [3.8, 4) is 0 Å². The van der Waals surface area contributed by atoms with Gasteiger partial charge in [0, 0.05) is 23.5 Å². The molecule has 1 saturated heterocycles. The number of aliphatic hydroxyl groups excluding tert-OH is 2. The zero-order valence-corrected chi connectivity index (χ0v) is 18.0. The Morgan fingerprint density at radius 2 is 2.09 bits per heavy atom. The number of benzene rings is 1. The number of para-hydroxylation sites is 1. The van der Waals surface area contributed by atoms with Gasteiger partial charge in [-0.2, -0.15) is 4.98 Å². The molecule has 34 heavy (non-hydrogen) atoms. The maximum atomic E-state index is 12.2. The summed E-state index contributed by atoms with van der Waals surface area (Å²) in [5.74, 6) is -0.548. The van der Waals surface area contributed by atoms with E-state index in [0.29, 0.717) is 12.8 Å². The van der Waals surface area contributed by atoms with Crippen LogP contribution in [0.25, 0.3) is 22.1 Å². The fourth-order valence-electron chi connectivity index (χ4n) is 4.23. The maximum absolute atomic E-state index is 12.2. The molecule has 5 rings (SSSR count). The number of ether oxygens (including phenoxy) is 2. The van der Waals surface area contributed by atoms with Crippen LogP contribution >= 0.6 is 0 Å². The minimum atomic E-state index is -1.36. The van der Waals surface area contributed by atoms with Crippen LogP contribution in [0.1, 0.15) is 24.6 Å². The van der Waals surface area contributed by atoms with Crippen LogP contribution < -0.4 is 11.3 Å². The van der Waals surface area contributed by atoms with Crippen molar-refractivity contribution in [2.75, 3.05) is 12.3 Å². The van der Waals surface area contributed by atoms with Gasteiger partial charge < -0.3 is 30.4 Å². The van der Waals surface area contributed by atoms with Crippen molar-refractivity contribution in [1.29, 1.82) is 0 Å². The van der Waals surface area contributed by atoms with Crippen molar-refractivity contribution in [2.24, 2.45) is 0 Å². The zero-order chi connectivity index (χ0) is 23.8. The Morgan fingerprint density at radius 1 is 1.26 bits per heavy atom. The molecule has 0 amide bonds. The van der Waals surface area contributed by atoms with Gasteiger partial charge in [0.25, 0.3) is 5.56 Å². The number of nitrogen functional groups attached to an aromatic ring is 1. The highest BCUT2D eigenvalue weighted by molar-refractivity contribution is 5.83. The molecule has 0 spiro atoms. The minimum Gasteiger partial charge on any atom is -0.463 e. The molecule has 12 heteroatoms.